The van der Waals surface area contributed by atoms with E-state index < -0.39 is 18.1 Å². The maximum absolute atomic E-state index is 11.2. The maximum Gasteiger partial charge on any atom is 0.490 e. The van der Waals surface area contributed by atoms with Crippen molar-refractivity contribution in [1.29, 1.82) is 0 Å². The average Bonchev–Trinajstić information content (AvgIpc) is 3.09. The van der Waals surface area contributed by atoms with E-state index in [-0.39, 0.29) is 5.41 Å². The molecule has 0 aromatic carbocycles. The molecule has 1 fully saturated rings. The largest absolute Gasteiger partial charge is 0.490 e. The topological polar surface area (TPSA) is 117 Å². The number of hydrogen-bond acceptors (Lipinski definition) is 6. The molecule has 30 heavy (non-hydrogen) atoms. The van der Waals surface area contributed by atoms with Gasteiger partial charge in [0.1, 0.15) is 10.7 Å². The van der Waals surface area contributed by atoms with Crippen LogP contribution in [0.3, 0.4) is 0 Å². The summed E-state index contributed by atoms with van der Waals surface area (Å²) in [4.78, 5) is 24.8. The first-order valence-electron chi connectivity index (χ1n) is 8.68. The highest BCUT2D eigenvalue weighted by Gasteiger charge is 2.46. The molecule has 0 spiro atoms. The van der Waals surface area contributed by atoms with Crippen LogP contribution in [-0.4, -0.2) is 49.6 Å². The zero-order valence-corrected chi connectivity index (χ0v) is 16.4. The summed E-state index contributed by atoms with van der Waals surface area (Å²) < 4.78 is 34.6. The second-order valence-corrected chi connectivity index (χ2v) is 7.85. The van der Waals surface area contributed by atoms with Crippen molar-refractivity contribution in [3.63, 3.8) is 0 Å². The first-order valence-corrected chi connectivity index (χ1v) is 9.49. The van der Waals surface area contributed by atoms with E-state index in [9.17, 15) is 18.0 Å². The molecule has 1 aliphatic rings. The summed E-state index contributed by atoms with van der Waals surface area (Å²) >= 11 is 1.28. The first-order chi connectivity index (χ1) is 14.0. The molecular weight excluding hydrogens is 425 g/mol. The molecule has 3 aromatic rings. The Morgan fingerprint density at radius 3 is 2.43 bits per heavy atom. The molecule has 4 rings (SSSR count). The van der Waals surface area contributed by atoms with Crippen molar-refractivity contribution in [2.24, 2.45) is 7.05 Å². The molecule has 3 aromatic heterocycles. The molecule has 0 radical (unpaired) electrons. The second-order valence-electron chi connectivity index (χ2n) is 6.76. The fourth-order valence-corrected chi connectivity index (χ4v) is 3.93. The SMILES string of the molecule is Cn1nccc1C1(CNc2nccc3sc(C(=O)O)cc23)CC1.O=C(O)C(F)(F)F. The van der Waals surface area contributed by atoms with Crippen LogP contribution in [0.15, 0.2) is 30.6 Å². The van der Waals surface area contributed by atoms with Gasteiger partial charge in [-0.1, -0.05) is 0 Å². The molecule has 1 saturated carbocycles. The van der Waals surface area contributed by atoms with Crippen molar-refractivity contribution in [3.05, 3.63) is 41.2 Å². The van der Waals surface area contributed by atoms with Gasteiger partial charge in [-0.15, -0.1) is 11.3 Å². The lowest BCUT2D eigenvalue weighted by Crippen LogP contribution is -2.23. The molecule has 0 saturated heterocycles. The van der Waals surface area contributed by atoms with Gasteiger partial charge in [0.05, 0.1) is 0 Å². The Hall–Kier alpha value is -3.15. The molecule has 0 amide bonds. The van der Waals surface area contributed by atoms with Crippen LogP contribution in [0, 0.1) is 0 Å². The van der Waals surface area contributed by atoms with Gasteiger partial charge in [0.15, 0.2) is 0 Å². The molecule has 0 unspecified atom stereocenters. The fraction of sp³-hybridized carbons (Fsp3) is 0.333. The summed E-state index contributed by atoms with van der Waals surface area (Å²) in [6.07, 6.45) is 0.710. The van der Waals surface area contributed by atoms with E-state index in [0.29, 0.717) is 4.88 Å². The van der Waals surface area contributed by atoms with Gasteiger partial charge in [0, 0.05) is 47.2 Å². The molecule has 160 valence electrons. The van der Waals surface area contributed by atoms with Gasteiger partial charge in [-0.05, 0) is 31.0 Å². The smallest absolute Gasteiger partial charge is 0.477 e. The number of aliphatic carboxylic acids is 1. The number of anilines is 1. The summed E-state index contributed by atoms with van der Waals surface area (Å²) in [5, 5.41) is 24.8. The van der Waals surface area contributed by atoms with Gasteiger partial charge in [0.2, 0.25) is 0 Å². The number of aromatic nitrogens is 3. The highest BCUT2D eigenvalue weighted by molar-refractivity contribution is 7.20. The quantitative estimate of drug-likeness (QED) is 0.554. The van der Waals surface area contributed by atoms with Gasteiger partial charge in [-0.3, -0.25) is 4.68 Å². The van der Waals surface area contributed by atoms with Gasteiger partial charge in [0.25, 0.3) is 0 Å². The second kappa shape index (κ2) is 7.94. The zero-order valence-electron chi connectivity index (χ0n) is 15.6. The van der Waals surface area contributed by atoms with E-state index in [1.165, 1.54) is 17.0 Å². The van der Waals surface area contributed by atoms with Crippen LogP contribution in [0.4, 0.5) is 19.0 Å². The number of nitrogens with one attached hydrogen (secondary N) is 1. The van der Waals surface area contributed by atoms with Crippen molar-refractivity contribution >= 4 is 39.2 Å². The number of aromatic carboxylic acids is 1. The van der Waals surface area contributed by atoms with Crippen molar-refractivity contribution in [1.82, 2.24) is 14.8 Å². The molecule has 1 aliphatic carbocycles. The number of thiophene rings is 1. The molecule has 3 N–H and O–H groups in total. The van der Waals surface area contributed by atoms with E-state index in [4.69, 9.17) is 15.0 Å². The highest BCUT2D eigenvalue weighted by atomic mass is 32.1. The lowest BCUT2D eigenvalue weighted by Gasteiger charge is -2.17. The minimum Gasteiger partial charge on any atom is -0.477 e. The van der Waals surface area contributed by atoms with Crippen LogP contribution in [0.25, 0.3) is 10.1 Å². The van der Waals surface area contributed by atoms with E-state index in [1.807, 2.05) is 24.0 Å². The van der Waals surface area contributed by atoms with Crippen molar-refractivity contribution in [2.75, 3.05) is 11.9 Å². The Balaban J connectivity index is 0.000000318. The summed E-state index contributed by atoms with van der Waals surface area (Å²) in [5.41, 5.74) is 1.34. The first kappa shape index (κ1) is 21.6. The Labute approximate surface area is 172 Å². The van der Waals surface area contributed by atoms with E-state index in [2.05, 4.69) is 21.5 Å². The van der Waals surface area contributed by atoms with Crippen molar-refractivity contribution < 1.29 is 33.0 Å². The summed E-state index contributed by atoms with van der Waals surface area (Å²) in [5.74, 6) is -2.90. The van der Waals surface area contributed by atoms with Gasteiger partial charge >= 0.3 is 18.1 Å². The molecule has 12 heteroatoms. The lowest BCUT2D eigenvalue weighted by molar-refractivity contribution is -0.192. The van der Waals surface area contributed by atoms with E-state index >= 15 is 0 Å². The van der Waals surface area contributed by atoms with Gasteiger partial charge < -0.3 is 15.5 Å². The summed E-state index contributed by atoms with van der Waals surface area (Å²) in [6.45, 7) is 0.775. The molecule has 0 aliphatic heterocycles. The number of aryl methyl sites for hydroxylation is 1. The Kier molecular flexibility index (Phi) is 5.70. The van der Waals surface area contributed by atoms with E-state index in [1.54, 1.807) is 12.3 Å². The van der Waals surface area contributed by atoms with E-state index in [0.717, 1.165) is 35.3 Å². The number of alkyl halides is 3. The molecule has 0 atom stereocenters. The molecular formula is C18H17F3N4O4S. The monoisotopic (exact) mass is 442 g/mol. The predicted molar refractivity (Wildman–Crippen MR) is 103 cm³/mol. The lowest BCUT2D eigenvalue weighted by atomic mass is 10.0. The van der Waals surface area contributed by atoms with Crippen LogP contribution in [0.1, 0.15) is 28.2 Å². The average molecular weight is 442 g/mol. The number of carboxylic acids is 2. The Bertz CT molecular complexity index is 1090. The molecule has 3 heterocycles. The molecule has 0 bridgehead atoms. The number of carbonyl (C=O) groups is 2. The van der Waals surface area contributed by atoms with Crippen LogP contribution in [0.2, 0.25) is 0 Å². The number of fused-ring (bicyclic) bond motifs is 1. The predicted octanol–water partition coefficient (Wildman–Crippen LogP) is 3.51. The van der Waals surface area contributed by atoms with Gasteiger partial charge in [-0.25, -0.2) is 14.6 Å². The number of halogens is 3. The number of rotatable bonds is 5. The number of carboxylic acid groups (broad SMARTS) is 2. The minimum atomic E-state index is -5.08. The molecule has 8 nitrogen and oxygen atoms in total. The number of pyridine rings is 1. The third-order valence-electron chi connectivity index (χ3n) is 4.71. The standard InChI is InChI=1S/C16H16N4O2S.C2HF3O2/c1-20-13(3-7-19-20)16(4-5-16)9-18-14-10-8-12(15(21)22)23-11(10)2-6-17-14;3-2(4,5)1(6)7/h2-3,6-8H,4-5,9H2,1H3,(H,17,18)(H,21,22);(H,6,7). The van der Waals surface area contributed by atoms with Gasteiger partial charge in [-0.2, -0.15) is 18.3 Å². The summed E-state index contributed by atoms with van der Waals surface area (Å²) in [7, 11) is 1.96. The Morgan fingerprint density at radius 1 is 1.27 bits per heavy atom. The third kappa shape index (κ3) is 4.53. The van der Waals surface area contributed by atoms with Crippen LogP contribution in [-0.2, 0) is 17.3 Å². The summed E-state index contributed by atoms with van der Waals surface area (Å²) in [6, 6.07) is 5.61. The fourth-order valence-electron chi connectivity index (χ4n) is 3.03. The van der Waals surface area contributed by atoms with Crippen molar-refractivity contribution in [3.8, 4) is 0 Å². The van der Waals surface area contributed by atoms with Crippen LogP contribution >= 0.6 is 11.3 Å². The zero-order chi connectivity index (χ0) is 22.1. The highest BCUT2D eigenvalue weighted by Crippen LogP contribution is 2.48. The normalized spacial score (nSPS) is 14.7. The number of nitrogens with zero attached hydrogens (tertiary/aromatic N) is 3. The maximum atomic E-state index is 11.2. The number of hydrogen-bond donors (Lipinski definition) is 3. The Morgan fingerprint density at radius 2 is 1.93 bits per heavy atom. The van der Waals surface area contributed by atoms with Crippen LogP contribution in [0.5, 0.6) is 0 Å². The van der Waals surface area contributed by atoms with Crippen LogP contribution < -0.4 is 5.32 Å². The van der Waals surface area contributed by atoms with Crippen molar-refractivity contribution in [2.45, 2.75) is 24.4 Å². The third-order valence-corrected chi connectivity index (χ3v) is 5.80. The minimum absolute atomic E-state index is 0.112.